The predicted octanol–water partition coefficient (Wildman–Crippen LogP) is 4.08. The molecule has 1 N–H and O–H groups in total. The maximum absolute atomic E-state index is 12.8. The zero-order chi connectivity index (χ0) is 18.7. The number of hydrogen-bond donors (Lipinski definition) is 1. The molecule has 3 amide bonds. The first-order valence-electron chi connectivity index (χ1n) is 8.91. The van der Waals surface area contributed by atoms with Gasteiger partial charge in [-0.05, 0) is 43.5 Å². The zero-order valence-corrected chi connectivity index (χ0v) is 16.6. The molecule has 1 saturated carbocycles. The summed E-state index contributed by atoms with van der Waals surface area (Å²) in [4.78, 5) is 26.5. The minimum absolute atomic E-state index is 0.000411. The van der Waals surface area contributed by atoms with Crippen LogP contribution in [0.1, 0.15) is 44.6 Å². The Labute approximate surface area is 161 Å². The molecule has 0 atom stereocenters. The standard InChI is InChI=1S/C19H23BrN2O4/c1-3-26-17-10-12(14(20)11-16(17)25-2)9-15-18(23)22(19(24)21-15)13-7-5-4-6-8-13/h9-11,13H,3-8H2,1-2H3,(H,21,24)/b15-9-. The van der Waals surface area contributed by atoms with Crippen molar-refractivity contribution in [3.8, 4) is 11.5 Å². The number of rotatable bonds is 5. The van der Waals surface area contributed by atoms with Gasteiger partial charge >= 0.3 is 6.03 Å². The fraction of sp³-hybridized carbons (Fsp3) is 0.474. The molecule has 1 saturated heterocycles. The van der Waals surface area contributed by atoms with E-state index < -0.39 is 0 Å². The van der Waals surface area contributed by atoms with Crippen LogP contribution in [-0.4, -0.2) is 36.6 Å². The molecule has 1 aliphatic heterocycles. The third-order valence-electron chi connectivity index (χ3n) is 4.73. The second-order valence-electron chi connectivity index (χ2n) is 6.41. The predicted molar refractivity (Wildman–Crippen MR) is 102 cm³/mol. The van der Waals surface area contributed by atoms with Gasteiger partial charge in [0, 0.05) is 10.5 Å². The Morgan fingerprint density at radius 3 is 2.62 bits per heavy atom. The lowest BCUT2D eigenvalue weighted by Gasteiger charge is -2.28. The Morgan fingerprint density at radius 2 is 1.96 bits per heavy atom. The third kappa shape index (κ3) is 3.72. The van der Waals surface area contributed by atoms with Gasteiger partial charge < -0.3 is 14.8 Å². The number of urea groups is 1. The molecule has 0 unspecified atom stereocenters. The molecule has 1 aliphatic carbocycles. The van der Waals surface area contributed by atoms with Crippen molar-refractivity contribution in [1.29, 1.82) is 0 Å². The molecule has 2 fully saturated rings. The summed E-state index contributed by atoms with van der Waals surface area (Å²) >= 11 is 3.49. The van der Waals surface area contributed by atoms with Gasteiger partial charge in [0.2, 0.25) is 0 Å². The van der Waals surface area contributed by atoms with E-state index in [0.29, 0.717) is 18.1 Å². The van der Waals surface area contributed by atoms with Gasteiger partial charge in [-0.15, -0.1) is 0 Å². The van der Waals surface area contributed by atoms with Crippen LogP contribution in [0, 0.1) is 0 Å². The summed E-state index contributed by atoms with van der Waals surface area (Å²) in [5, 5.41) is 2.71. The van der Waals surface area contributed by atoms with Crippen molar-refractivity contribution in [3.63, 3.8) is 0 Å². The van der Waals surface area contributed by atoms with Gasteiger partial charge in [0.1, 0.15) is 5.70 Å². The van der Waals surface area contributed by atoms with Gasteiger partial charge in [-0.25, -0.2) is 4.79 Å². The van der Waals surface area contributed by atoms with E-state index in [2.05, 4.69) is 21.2 Å². The van der Waals surface area contributed by atoms with Gasteiger partial charge in [0.25, 0.3) is 5.91 Å². The molecular formula is C19H23BrN2O4. The van der Waals surface area contributed by atoms with Crippen LogP contribution in [0.3, 0.4) is 0 Å². The maximum Gasteiger partial charge on any atom is 0.329 e. The lowest BCUT2D eigenvalue weighted by molar-refractivity contribution is -0.124. The molecule has 0 bridgehead atoms. The Morgan fingerprint density at radius 1 is 1.23 bits per heavy atom. The van der Waals surface area contributed by atoms with Crippen LogP contribution < -0.4 is 14.8 Å². The average Bonchev–Trinajstić information content (AvgIpc) is 2.92. The molecule has 1 aromatic carbocycles. The molecular weight excluding hydrogens is 400 g/mol. The molecule has 1 aromatic rings. The molecule has 0 spiro atoms. The normalized spacial score (nSPS) is 19.8. The number of nitrogens with zero attached hydrogens (tertiary/aromatic N) is 1. The van der Waals surface area contributed by atoms with E-state index >= 15 is 0 Å². The number of halogens is 1. The highest BCUT2D eigenvalue weighted by atomic mass is 79.9. The number of carbonyl (C=O) groups excluding carboxylic acids is 2. The van der Waals surface area contributed by atoms with E-state index in [4.69, 9.17) is 9.47 Å². The largest absolute Gasteiger partial charge is 0.493 e. The van der Waals surface area contributed by atoms with Crippen LogP contribution in [-0.2, 0) is 4.79 Å². The number of ether oxygens (including phenoxy) is 2. The highest BCUT2D eigenvalue weighted by molar-refractivity contribution is 9.10. The van der Waals surface area contributed by atoms with E-state index in [0.717, 1.165) is 35.7 Å². The second kappa shape index (κ2) is 8.12. The van der Waals surface area contributed by atoms with Gasteiger partial charge in [-0.1, -0.05) is 35.2 Å². The summed E-state index contributed by atoms with van der Waals surface area (Å²) in [6, 6.07) is 3.25. The average molecular weight is 423 g/mol. The van der Waals surface area contributed by atoms with E-state index in [1.165, 1.54) is 11.3 Å². The first kappa shape index (κ1) is 18.8. The lowest BCUT2D eigenvalue weighted by Crippen LogP contribution is -2.41. The minimum Gasteiger partial charge on any atom is -0.493 e. The van der Waals surface area contributed by atoms with E-state index in [-0.39, 0.29) is 23.7 Å². The number of amides is 3. The van der Waals surface area contributed by atoms with Crippen molar-refractivity contribution in [2.45, 2.75) is 45.1 Å². The Kier molecular flexibility index (Phi) is 5.86. The summed E-state index contributed by atoms with van der Waals surface area (Å²) in [6.45, 7) is 2.39. The Bertz CT molecular complexity index is 741. The van der Waals surface area contributed by atoms with Crippen LogP contribution >= 0.6 is 15.9 Å². The quantitative estimate of drug-likeness (QED) is 0.573. The third-order valence-corrected chi connectivity index (χ3v) is 5.42. The summed E-state index contributed by atoms with van der Waals surface area (Å²) < 4.78 is 11.7. The molecule has 3 rings (SSSR count). The highest BCUT2D eigenvalue weighted by Gasteiger charge is 2.39. The first-order chi connectivity index (χ1) is 12.5. The molecule has 0 aromatic heterocycles. The topological polar surface area (TPSA) is 67.9 Å². The minimum atomic E-state index is -0.331. The second-order valence-corrected chi connectivity index (χ2v) is 7.27. The molecule has 0 radical (unpaired) electrons. The van der Waals surface area contributed by atoms with Crippen molar-refractivity contribution < 1.29 is 19.1 Å². The van der Waals surface area contributed by atoms with Gasteiger partial charge in [0.05, 0.1) is 13.7 Å². The number of carbonyl (C=O) groups is 2. The summed E-state index contributed by atoms with van der Waals surface area (Å²) in [5.74, 6) is 0.931. The molecule has 140 valence electrons. The van der Waals surface area contributed by atoms with Gasteiger partial charge in [0.15, 0.2) is 11.5 Å². The molecule has 7 heteroatoms. The molecule has 6 nitrogen and oxygen atoms in total. The summed E-state index contributed by atoms with van der Waals surface area (Å²) in [6.07, 6.45) is 6.72. The number of methoxy groups -OCH3 is 1. The molecule has 1 heterocycles. The molecule has 2 aliphatic rings. The first-order valence-corrected chi connectivity index (χ1v) is 9.71. The number of imide groups is 1. The monoisotopic (exact) mass is 422 g/mol. The van der Waals surface area contributed by atoms with Gasteiger partial charge in [-0.3, -0.25) is 9.69 Å². The fourth-order valence-electron chi connectivity index (χ4n) is 3.46. The number of benzene rings is 1. The highest BCUT2D eigenvalue weighted by Crippen LogP contribution is 2.35. The van der Waals surface area contributed by atoms with Crippen molar-refractivity contribution in [3.05, 3.63) is 27.9 Å². The molecule has 26 heavy (non-hydrogen) atoms. The van der Waals surface area contributed by atoms with Gasteiger partial charge in [-0.2, -0.15) is 0 Å². The van der Waals surface area contributed by atoms with Crippen LogP contribution in [0.5, 0.6) is 11.5 Å². The van der Waals surface area contributed by atoms with Crippen molar-refractivity contribution in [1.82, 2.24) is 10.2 Å². The Hall–Kier alpha value is -2.02. The number of nitrogens with one attached hydrogen (secondary N) is 1. The van der Waals surface area contributed by atoms with E-state index in [1.54, 1.807) is 25.3 Å². The lowest BCUT2D eigenvalue weighted by atomic mass is 9.94. The van der Waals surface area contributed by atoms with Crippen LogP contribution in [0.15, 0.2) is 22.3 Å². The summed E-state index contributed by atoms with van der Waals surface area (Å²) in [7, 11) is 1.57. The van der Waals surface area contributed by atoms with Crippen molar-refractivity contribution >= 4 is 33.9 Å². The summed E-state index contributed by atoms with van der Waals surface area (Å²) in [5.41, 5.74) is 1.03. The SMILES string of the molecule is CCOc1cc(/C=C2\NC(=O)N(C3CCCCC3)C2=O)c(Br)cc1OC. The number of hydrogen-bond acceptors (Lipinski definition) is 4. The maximum atomic E-state index is 12.8. The Balaban J connectivity index is 1.89. The van der Waals surface area contributed by atoms with Crippen molar-refractivity contribution in [2.75, 3.05) is 13.7 Å². The van der Waals surface area contributed by atoms with Crippen LogP contribution in [0.2, 0.25) is 0 Å². The van der Waals surface area contributed by atoms with E-state index in [1.807, 2.05) is 6.92 Å². The smallest absolute Gasteiger partial charge is 0.329 e. The van der Waals surface area contributed by atoms with E-state index in [9.17, 15) is 9.59 Å². The zero-order valence-electron chi connectivity index (χ0n) is 15.0. The van der Waals surface area contributed by atoms with Crippen LogP contribution in [0.4, 0.5) is 4.79 Å². The van der Waals surface area contributed by atoms with Crippen molar-refractivity contribution in [2.24, 2.45) is 0 Å². The van der Waals surface area contributed by atoms with Crippen LogP contribution in [0.25, 0.3) is 6.08 Å². The fourth-order valence-corrected chi connectivity index (χ4v) is 3.90.